The summed E-state index contributed by atoms with van der Waals surface area (Å²) in [4.78, 5) is 28.3. The number of rotatable bonds is 5. The van der Waals surface area contributed by atoms with Crippen molar-refractivity contribution in [1.29, 1.82) is 0 Å². The highest BCUT2D eigenvalue weighted by atomic mass is 79.9. The zero-order valence-corrected chi connectivity index (χ0v) is 20.1. The van der Waals surface area contributed by atoms with Gasteiger partial charge in [0.15, 0.2) is 0 Å². The smallest absolute Gasteiger partial charge is 0.409 e. The van der Waals surface area contributed by atoms with E-state index < -0.39 is 18.1 Å². The number of piperazine rings is 1. The Morgan fingerprint density at radius 3 is 2.15 bits per heavy atom. The molecule has 34 heavy (non-hydrogen) atoms. The number of carboxylic acids is 1. The predicted molar refractivity (Wildman–Crippen MR) is 133 cm³/mol. The van der Waals surface area contributed by atoms with Crippen molar-refractivity contribution in [1.82, 2.24) is 9.80 Å². The Morgan fingerprint density at radius 2 is 1.53 bits per heavy atom. The summed E-state index contributed by atoms with van der Waals surface area (Å²) in [6, 6.07) is 23.4. The van der Waals surface area contributed by atoms with Gasteiger partial charge in [0.2, 0.25) is 0 Å². The number of ether oxygens (including phenoxy) is 1. The largest absolute Gasteiger partial charge is 0.480 e. The van der Waals surface area contributed by atoms with E-state index in [1.54, 1.807) is 0 Å². The molecule has 0 spiro atoms. The average molecular weight is 521 g/mol. The molecule has 1 saturated heterocycles. The Balaban J connectivity index is 1.24. The summed E-state index contributed by atoms with van der Waals surface area (Å²) in [5.41, 5.74) is 5.68. The normalized spacial score (nSPS) is 17.8. The van der Waals surface area contributed by atoms with Crippen molar-refractivity contribution in [3.8, 4) is 11.1 Å². The number of carbonyl (C=O) groups is 2. The molecule has 3 aromatic carbocycles. The van der Waals surface area contributed by atoms with Crippen LogP contribution in [0.5, 0.6) is 0 Å². The minimum Gasteiger partial charge on any atom is -0.480 e. The number of hydrogen-bond acceptors (Lipinski definition) is 4. The van der Waals surface area contributed by atoms with Gasteiger partial charge in [-0.3, -0.25) is 9.69 Å². The fraction of sp³-hybridized carbons (Fsp3) is 0.259. The maximum Gasteiger partial charge on any atom is 0.409 e. The first-order valence-electron chi connectivity index (χ1n) is 11.3. The molecule has 0 saturated carbocycles. The lowest BCUT2D eigenvalue weighted by atomic mass is 9.98. The number of aliphatic carboxylic acids is 1. The summed E-state index contributed by atoms with van der Waals surface area (Å²) in [7, 11) is 0. The van der Waals surface area contributed by atoms with E-state index in [-0.39, 0.29) is 19.1 Å². The SMILES string of the molecule is O=C(O)C1CN(C(=O)OCC2c3ccccc3-c3ccccc32)CCN1Cc1ccc(Br)cc1. The van der Waals surface area contributed by atoms with Crippen molar-refractivity contribution in [3.05, 3.63) is 94.0 Å². The third-order valence-electron chi connectivity index (χ3n) is 6.67. The van der Waals surface area contributed by atoms with Gasteiger partial charge in [-0.05, 0) is 39.9 Å². The van der Waals surface area contributed by atoms with Crippen LogP contribution in [-0.2, 0) is 16.1 Å². The molecular weight excluding hydrogens is 496 g/mol. The van der Waals surface area contributed by atoms with E-state index in [1.807, 2.05) is 53.4 Å². The molecule has 2 aliphatic rings. The van der Waals surface area contributed by atoms with Crippen molar-refractivity contribution in [2.45, 2.75) is 18.5 Å². The van der Waals surface area contributed by atoms with Crippen LogP contribution >= 0.6 is 15.9 Å². The van der Waals surface area contributed by atoms with Crippen molar-refractivity contribution < 1.29 is 19.4 Å². The average Bonchev–Trinajstić information content (AvgIpc) is 3.18. The van der Waals surface area contributed by atoms with Crippen LogP contribution in [-0.4, -0.2) is 59.3 Å². The maximum atomic E-state index is 12.9. The molecule has 6 nitrogen and oxygen atoms in total. The highest BCUT2D eigenvalue weighted by Crippen LogP contribution is 2.44. The summed E-state index contributed by atoms with van der Waals surface area (Å²) in [5.74, 6) is -0.960. The number of nitrogens with zero attached hydrogens (tertiary/aromatic N) is 2. The molecule has 1 atom stereocenters. The second-order valence-corrected chi connectivity index (χ2v) is 9.62. The molecule has 1 heterocycles. The maximum absolute atomic E-state index is 12.9. The number of amides is 1. The van der Waals surface area contributed by atoms with Gasteiger partial charge in [0, 0.05) is 30.0 Å². The van der Waals surface area contributed by atoms with Gasteiger partial charge in [-0.25, -0.2) is 4.79 Å². The van der Waals surface area contributed by atoms with Gasteiger partial charge in [0.25, 0.3) is 0 Å². The molecule has 1 fully saturated rings. The van der Waals surface area contributed by atoms with E-state index >= 15 is 0 Å². The van der Waals surface area contributed by atoms with E-state index in [0.717, 1.165) is 21.2 Å². The van der Waals surface area contributed by atoms with E-state index in [0.29, 0.717) is 19.6 Å². The summed E-state index contributed by atoms with van der Waals surface area (Å²) < 4.78 is 6.72. The summed E-state index contributed by atoms with van der Waals surface area (Å²) >= 11 is 3.42. The molecule has 3 aromatic rings. The Bertz CT molecular complexity index is 1170. The number of halogens is 1. The fourth-order valence-corrected chi connectivity index (χ4v) is 5.18. The Kier molecular flexibility index (Phi) is 6.39. The van der Waals surface area contributed by atoms with E-state index in [2.05, 4.69) is 40.2 Å². The lowest BCUT2D eigenvalue weighted by molar-refractivity contribution is -0.145. The molecule has 1 aliphatic carbocycles. The number of carboxylic acid groups (broad SMARTS) is 1. The Labute approximate surface area is 206 Å². The number of carbonyl (C=O) groups excluding carboxylic acids is 1. The highest BCUT2D eigenvalue weighted by Gasteiger charge is 2.36. The molecule has 7 heteroatoms. The summed E-state index contributed by atoms with van der Waals surface area (Å²) in [5, 5.41) is 9.82. The van der Waals surface area contributed by atoms with Crippen LogP contribution in [0.25, 0.3) is 11.1 Å². The first kappa shape index (κ1) is 22.6. The van der Waals surface area contributed by atoms with Crippen LogP contribution in [0, 0.1) is 0 Å². The lowest BCUT2D eigenvalue weighted by Crippen LogP contribution is -2.57. The van der Waals surface area contributed by atoms with Gasteiger partial charge in [0.1, 0.15) is 12.6 Å². The topological polar surface area (TPSA) is 70.1 Å². The van der Waals surface area contributed by atoms with Crippen LogP contribution in [0.3, 0.4) is 0 Å². The van der Waals surface area contributed by atoms with Crippen LogP contribution in [0.2, 0.25) is 0 Å². The summed E-state index contributed by atoms with van der Waals surface area (Å²) in [6.45, 7) is 1.74. The molecule has 1 amide bonds. The van der Waals surface area contributed by atoms with Crippen LogP contribution in [0.15, 0.2) is 77.3 Å². The van der Waals surface area contributed by atoms with Gasteiger partial charge < -0.3 is 14.7 Å². The van der Waals surface area contributed by atoms with Gasteiger partial charge in [-0.15, -0.1) is 0 Å². The zero-order valence-electron chi connectivity index (χ0n) is 18.6. The molecule has 1 N–H and O–H groups in total. The first-order valence-corrected chi connectivity index (χ1v) is 12.1. The molecular formula is C27H25BrN2O4. The number of benzene rings is 3. The molecule has 0 bridgehead atoms. The quantitative estimate of drug-likeness (QED) is 0.514. The molecule has 174 valence electrons. The van der Waals surface area contributed by atoms with Crippen LogP contribution in [0.4, 0.5) is 4.79 Å². The molecule has 0 radical (unpaired) electrons. The third kappa shape index (κ3) is 4.45. The Morgan fingerprint density at radius 1 is 0.912 bits per heavy atom. The minimum absolute atomic E-state index is 0.0229. The van der Waals surface area contributed by atoms with E-state index in [1.165, 1.54) is 16.0 Å². The van der Waals surface area contributed by atoms with Gasteiger partial charge in [-0.1, -0.05) is 76.6 Å². The second-order valence-electron chi connectivity index (χ2n) is 8.70. The molecule has 0 aromatic heterocycles. The molecule has 5 rings (SSSR count). The molecule has 1 aliphatic heterocycles. The van der Waals surface area contributed by atoms with Gasteiger partial charge in [0.05, 0.1) is 6.54 Å². The molecule has 1 unspecified atom stereocenters. The Hall–Kier alpha value is -3.16. The standard InChI is InChI=1S/C27H25BrN2O4/c28-19-11-9-18(10-12-19)15-29-13-14-30(16-25(29)26(31)32)27(33)34-17-24-22-7-3-1-5-20(22)21-6-2-4-8-23(21)24/h1-12,24-25H,13-17H2,(H,31,32). The summed E-state index contributed by atoms with van der Waals surface area (Å²) in [6.07, 6.45) is -0.462. The van der Waals surface area contributed by atoms with Crippen molar-refractivity contribution in [2.24, 2.45) is 0 Å². The number of hydrogen-bond donors (Lipinski definition) is 1. The van der Waals surface area contributed by atoms with E-state index in [4.69, 9.17) is 4.74 Å². The fourth-order valence-electron chi connectivity index (χ4n) is 4.92. The zero-order chi connectivity index (χ0) is 23.7. The number of fused-ring (bicyclic) bond motifs is 3. The van der Waals surface area contributed by atoms with Crippen molar-refractivity contribution in [3.63, 3.8) is 0 Å². The second kappa shape index (κ2) is 9.60. The van der Waals surface area contributed by atoms with Gasteiger partial charge >= 0.3 is 12.1 Å². The van der Waals surface area contributed by atoms with Crippen LogP contribution < -0.4 is 0 Å². The monoisotopic (exact) mass is 520 g/mol. The third-order valence-corrected chi connectivity index (χ3v) is 7.20. The van der Waals surface area contributed by atoms with Crippen molar-refractivity contribution in [2.75, 3.05) is 26.2 Å². The van der Waals surface area contributed by atoms with Crippen molar-refractivity contribution >= 4 is 28.0 Å². The van der Waals surface area contributed by atoms with Gasteiger partial charge in [-0.2, -0.15) is 0 Å². The lowest BCUT2D eigenvalue weighted by Gasteiger charge is -2.38. The first-order chi connectivity index (χ1) is 16.5. The van der Waals surface area contributed by atoms with E-state index in [9.17, 15) is 14.7 Å². The highest BCUT2D eigenvalue weighted by molar-refractivity contribution is 9.10. The predicted octanol–water partition coefficient (Wildman–Crippen LogP) is 4.97. The van der Waals surface area contributed by atoms with Crippen LogP contribution in [0.1, 0.15) is 22.6 Å². The minimum atomic E-state index is -0.937.